The lowest BCUT2D eigenvalue weighted by atomic mass is 9.94. The van der Waals surface area contributed by atoms with Crippen molar-refractivity contribution in [3.8, 4) is 6.07 Å². The quantitative estimate of drug-likeness (QED) is 0.667. The number of H-pyrrole nitrogens is 1. The lowest BCUT2D eigenvalue weighted by molar-refractivity contribution is 0.409. The van der Waals surface area contributed by atoms with Crippen LogP contribution >= 0.6 is 0 Å². The van der Waals surface area contributed by atoms with Crippen LogP contribution in [0.4, 0.5) is 23.1 Å². The molecule has 2 N–H and O–H groups in total. The summed E-state index contributed by atoms with van der Waals surface area (Å²) in [4.78, 5) is 25.9. The number of rotatable bonds is 5. The van der Waals surface area contributed by atoms with E-state index in [0.717, 1.165) is 37.3 Å². The standard InChI is InChI=1S/C21H24N8O/c1-28(2)16-5-3-15(4-6-16)24-19-18-17(13-23-27-20(18)30)25-21(26-19)29-11-8-14(7-10-22)9-12-29/h3-6,13-14H,7-9,11-12H2,1-2H3,(H,27,30)(H,24,25,26). The first kappa shape index (κ1) is 19.6. The number of nitrogens with zero attached hydrogens (tertiary/aromatic N) is 6. The van der Waals surface area contributed by atoms with Crippen LogP contribution in [0.5, 0.6) is 0 Å². The summed E-state index contributed by atoms with van der Waals surface area (Å²) in [5.41, 5.74) is 2.07. The van der Waals surface area contributed by atoms with Crippen LogP contribution in [0.3, 0.4) is 0 Å². The Morgan fingerprint density at radius 2 is 1.97 bits per heavy atom. The van der Waals surface area contributed by atoms with Gasteiger partial charge >= 0.3 is 0 Å². The Kier molecular flexibility index (Phi) is 5.48. The summed E-state index contributed by atoms with van der Waals surface area (Å²) in [6, 6.07) is 10.2. The number of benzene rings is 1. The fourth-order valence-electron chi connectivity index (χ4n) is 3.67. The van der Waals surface area contributed by atoms with Gasteiger partial charge in [-0.25, -0.2) is 10.1 Å². The van der Waals surface area contributed by atoms with Crippen LogP contribution in [0.1, 0.15) is 19.3 Å². The van der Waals surface area contributed by atoms with Gasteiger partial charge in [0.15, 0.2) is 0 Å². The summed E-state index contributed by atoms with van der Waals surface area (Å²) in [7, 11) is 3.97. The highest BCUT2D eigenvalue weighted by Crippen LogP contribution is 2.27. The molecule has 2 aromatic heterocycles. The SMILES string of the molecule is CN(C)c1ccc(Nc2nc(N3CCC(CC#N)CC3)nc3cn[nH]c(=O)c23)cc1. The average molecular weight is 404 g/mol. The maximum absolute atomic E-state index is 12.4. The molecular weight excluding hydrogens is 380 g/mol. The number of nitrogens with one attached hydrogen (secondary N) is 2. The second-order valence-corrected chi connectivity index (χ2v) is 7.69. The van der Waals surface area contributed by atoms with Gasteiger partial charge in [-0.15, -0.1) is 0 Å². The predicted molar refractivity (Wildman–Crippen MR) is 117 cm³/mol. The van der Waals surface area contributed by atoms with Gasteiger partial charge in [-0.2, -0.15) is 15.3 Å². The first-order valence-electron chi connectivity index (χ1n) is 9.97. The van der Waals surface area contributed by atoms with Crippen LogP contribution in [0.15, 0.2) is 35.3 Å². The van der Waals surface area contributed by atoms with Crippen LogP contribution in [0.2, 0.25) is 0 Å². The number of anilines is 4. The molecule has 3 heterocycles. The van der Waals surface area contributed by atoms with E-state index < -0.39 is 0 Å². The minimum absolute atomic E-state index is 0.334. The van der Waals surface area contributed by atoms with Crippen molar-refractivity contribution < 1.29 is 0 Å². The Morgan fingerprint density at radius 1 is 1.23 bits per heavy atom. The van der Waals surface area contributed by atoms with Crippen LogP contribution in [-0.4, -0.2) is 47.4 Å². The van der Waals surface area contributed by atoms with Gasteiger partial charge in [0, 0.05) is 45.0 Å². The molecule has 0 aliphatic carbocycles. The first-order valence-corrected chi connectivity index (χ1v) is 9.97. The minimum atomic E-state index is -0.334. The van der Waals surface area contributed by atoms with Gasteiger partial charge in [0.05, 0.1) is 12.3 Å². The van der Waals surface area contributed by atoms with Gasteiger partial charge in [0.25, 0.3) is 5.56 Å². The van der Waals surface area contributed by atoms with Gasteiger partial charge in [0.2, 0.25) is 5.95 Å². The molecule has 0 saturated carbocycles. The summed E-state index contributed by atoms with van der Waals surface area (Å²) < 4.78 is 0. The van der Waals surface area contributed by atoms with Crippen LogP contribution in [0, 0.1) is 17.2 Å². The first-order chi connectivity index (χ1) is 14.5. The van der Waals surface area contributed by atoms with Gasteiger partial charge < -0.3 is 15.1 Å². The van der Waals surface area contributed by atoms with Crippen molar-refractivity contribution in [1.82, 2.24) is 20.2 Å². The van der Waals surface area contributed by atoms with Gasteiger partial charge in [-0.3, -0.25) is 4.79 Å². The average Bonchev–Trinajstić information content (AvgIpc) is 2.75. The number of aromatic amines is 1. The van der Waals surface area contributed by atoms with Crippen molar-refractivity contribution in [3.05, 3.63) is 40.8 Å². The normalized spacial score (nSPS) is 14.5. The van der Waals surface area contributed by atoms with E-state index >= 15 is 0 Å². The highest BCUT2D eigenvalue weighted by Gasteiger charge is 2.22. The summed E-state index contributed by atoms with van der Waals surface area (Å²) in [6.07, 6.45) is 3.99. The highest BCUT2D eigenvalue weighted by molar-refractivity contribution is 5.90. The molecule has 0 amide bonds. The highest BCUT2D eigenvalue weighted by atomic mass is 16.1. The second kappa shape index (κ2) is 8.37. The van der Waals surface area contributed by atoms with Crippen molar-refractivity contribution >= 4 is 34.0 Å². The second-order valence-electron chi connectivity index (χ2n) is 7.69. The van der Waals surface area contributed by atoms with E-state index in [9.17, 15) is 4.79 Å². The van der Waals surface area contributed by atoms with E-state index in [4.69, 9.17) is 5.26 Å². The lowest BCUT2D eigenvalue weighted by Gasteiger charge is -2.31. The fourth-order valence-corrected chi connectivity index (χ4v) is 3.67. The number of nitriles is 1. The zero-order valence-electron chi connectivity index (χ0n) is 17.1. The van der Waals surface area contributed by atoms with Crippen molar-refractivity contribution in [3.63, 3.8) is 0 Å². The largest absolute Gasteiger partial charge is 0.378 e. The molecule has 1 aromatic carbocycles. The van der Waals surface area contributed by atoms with Gasteiger partial charge in [0.1, 0.15) is 16.7 Å². The Labute approximate surface area is 174 Å². The zero-order valence-corrected chi connectivity index (χ0v) is 17.1. The molecule has 30 heavy (non-hydrogen) atoms. The molecule has 3 aromatic rings. The number of hydrogen-bond acceptors (Lipinski definition) is 8. The van der Waals surface area contributed by atoms with E-state index in [1.807, 2.05) is 43.3 Å². The van der Waals surface area contributed by atoms with Crippen LogP contribution in [0.25, 0.3) is 10.9 Å². The third kappa shape index (κ3) is 4.03. The maximum atomic E-state index is 12.4. The molecule has 0 spiro atoms. The summed E-state index contributed by atoms with van der Waals surface area (Å²) in [6.45, 7) is 1.57. The Hall–Kier alpha value is -3.67. The summed E-state index contributed by atoms with van der Waals surface area (Å²) in [5, 5.41) is 19.0. The topological polar surface area (TPSA) is 114 Å². The minimum Gasteiger partial charge on any atom is -0.378 e. The van der Waals surface area contributed by atoms with Gasteiger partial charge in [-0.05, 0) is 43.0 Å². The van der Waals surface area contributed by atoms with Crippen molar-refractivity contribution in [1.29, 1.82) is 5.26 Å². The van der Waals surface area contributed by atoms with Crippen LogP contribution in [-0.2, 0) is 0 Å². The molecule has 9 nitrogen and oxygen atoms in total. The van der Waals surface area contributed by atoms with Crippen molar-refractivity contribution in [2.75, 3.05) is 42.3 Å². The predicted octanol–water partition coefficient (Wildman–Crippen LogP) is 2.65. The monoisotopic (exact) mass is 404 g/mol. The molecule has 0 atom stereocenters. The molecular formula is C21H24N8O. The molecule has 154 valence electrons. The molecule has 9 heteroatoms. The molecule has 1 fully saturated rings. The number of aromatic nitrogens is 4. The molecule has 1 aliphatic rings. The molecule has 0 bridgehead atoms. The Bertz CT molecular complexity index is 1120. The number of fused-ring (bicyclic) bond motifs is 1. The molecule has 4 rings (SSSR count). The third-order valence-electron chi connectivity index (χ3n) is 5.43. The van der Waals surface area contributed by atoms with E-state index in [-0.39, 0.29) is 5.56 Å². The molecule has 1 saturated heterocycles. The van der Waals surface area contributed by atoms with Crippen LogP contribution < -0.4 is 20.7 Å². The van der Waals surface area contributed by atoms with E-state index in [0.29, 0.717) is 35.0 Å². The third-order valence-corrected chi connectivity index (χ3v) is 5.43. The maximum Gasteiger partial charge on any atom is 0.277 e. The summed E-state index contributed by atoms with van der Waals surface area (Å²) >= 11 is 0. The smallest absolute Gasteiger partial charge is 0.277 e. The number of hydrogen-bond donors (Lipinski definition) is 2. The van der Waals surface area contributed by atoms with E-state index in [1.54, 1.807) is 6.20 Å². The molecule has 0 unspecified atom stereocenters. The van der Waals surface area contributed by atoms with E-state index in [1.165, 1.54) is 0 Å². The lowest BCUT2D eigenvalue weighted by Crippen LogP contribution is -2.35. The zero-order chi connectivity index (χ0) is 21.1. The van der Waals surface area contributed by atoms with Crippen molar-refractivity contribution in [2.45, 2.75) is 19.3 Å². The van der Waals surface area contributed by atoms with E-state index in [2.05, 4.69) is 36.5 Å². The van der Waals surface area contributed by atoms with Crippen molar-refractivity contribution in [2.24, 2.45) is 5.92 Å². The molecule has 0 radical (unpaired) electrons. The Morgan fingerprint density at radius 3 is 2.63 bits per heavy atom. The fraction of sp³-hybridized carbons (Fsp3) is 0.381. The molecule has 1 aliphatic heterocycles. The Balaban J connectivity index is 1.67. The summed E-state index contributed by atoms with van der Waals surface area (Å²) in [5.74, 6) is 1.44. The number of piperidine rings is 1. The van der Waals surface area contributed by atoms with Gasteiger partial charge in [-0.1, -0.05) is 0 Å².